The molecular weight excluding hydrogens is 264 g/mol. The van der Waals surface area contributed by atoms with E-state index >= 15 is 0 Å². The van der Waals surface area contributed by atoms with E-state index in [1.54, 1.807) is 0 Å². The van der Waals surface area contributed by atoms with Crippen LogP contribution in [0, 0.1) is 0 Å². The molecule has 18 heavy (non-hydrogen) atoms. The third kappa shape index (κ3) is 4.09. The van der Waals surface area contributed by atoms with Crippen molar-refractivity contribution in [2.24, 2.45) is 0 Å². The van der Waals surface area contributed by atoms with Crippen molar-refractivity contribution in [3.63, 3.8) is 0 Å². The maximum Gasteiger partial charge on any atom is 0.187 e. The average molecular weight is 282 g/mol. The summed E-state index contributed by atoms with van der Waals surface area (Å²) in [5.41, 5.74) is 0. The molecule has 0 aromatic heterocycles. The minimum atomic E-state index is -1.45. The van der Waals surface area contributed by atoms with E-state index in [1.807, 2.05) is 0 Å². The van der Waals surface area contributed by atoms with Gasteiger partial charge in [-0.3, -0.25) is 4.21 Å². The van der Waals surface area contributed by atoms with E-state index < -0.39 is 48.1 Å². The van der Waals surface area contributed by atoms with Crippen LogP contribution in [0.15, 0.2) is 11.5 Å². The fourth-order valence-corrected chi connectivity index (χ4v) is 1.88. The topological polar surface area (TPSA) is 116 Å². The molecule has 1 aliphatic heterocycles. The standard InChI is InChI=1S/C10H18O7S/c1-18(15)4-2-3-16-10-9(14)8(13)7(12)6(5-11)17-10/h2,4,6-14H,3,5H2,1H3/b4-2+/t6-,7-,8+,9-,10-,18-/m1/s1. The summed E-state index contributed by atoms with van der Waals surface area (Å²) in [5, 5.41) is 38.9. The lowest BCUT2D eigenvalue weighted by molar-refractivity contribution is -0.298. The van der Waals surface area contributed by atoms with Crippen molar-refractivity contribution >= 4 is 10.8 Å². The SMILES string of the molecule is C[S@@](=O)/C=C/CO[C@@H]1O[C@H](CO)[C@@H](O)[C@H](O)[C@H]1O. The maximum atomic E-state index is 10.7. The van der Waals surface area contributed by atoms with Gasteiger partial charge in [-0.05, 0) is 0 Å². The van der Waals surface area contributed by atoms with Crippen molar-refractivity contribution in [1.82, 2.24) is 0 Å². The molecule has 4 N–H and O–H groups in total. The van der Waals surface area contributed by atoms with E-state index in [-0.39, 0.29) is 6.61 Å². The normalized spacial score (nSPS) is 39.1. The maximum absolute atomic E-state index is 10.7. The van der Waals surface area contributed by atoms with Crippen LogP contribution in [-0.4, -0.2) is 74.8 Å². The molecule has 0 bridgehead atoms. The van der Waals surface area contributed by atoms with Gasteiger partial charge < -0.3 is 29.9 Å². The third-order valence-corrected chi connectivity index (χ3v) is 3.07. The van der Waals surface area contributed by atoms with Crippen LogP contribution in [0.4, 0.5) is 0 Å². The third-order valence-electron chi connectivity index (χ3n) is 2.49. The Balaban J connectivity index is 2.51. The second-order valence-corrected chi connectivity index (χ2v) is 5.17. The number of ether oxygens (including phenoxy) is 2. The zero-order chi connectivity index (χ0) is 13.7. The number of hydrogen-bond acceptors (Lipinski definition) is 7. The zero-order valence-corrected chi connectivity index (χ0v) is 10.7. The minimum Gasteiger partial charge on any atom is -0.394 e. The van der Waals surface area contributed by atoms with Gasteiger partial charge in [0, 0.05) is 22.5 Å². The molecule has 8 heteroatoms. The summed E-state index contributed by atoms with van der Waals surface area (Å²) in [6.45, 7) is -0.470. The Morgan fingerprint density at radius 3 is 2.50 bits per heavy atom. The summed E-state index contributed by atoms with van der Waals surface area (Å²) in [7, 11) is -1.10. The molecule has 0 amide bonds. The van der Waals surface area contributed by atoms with E-state index in [0.29, 0.717) is 0 Å². The quantitative estimate of drug-likeness (QED) is 0.448. The fraction of sp³-hybridized carbons (Fsp3) is 0.800. The highest BCUT2D eigenvalue weighted by Gasteiger charge is 2.43. The molecule has 6 atom stereocenters. The molecule has 1 rings (SSSR count). The molecule has 7 nitrogen and oxygen atoms in total. The lowest BCUT2D eigenvalue weighted by Gasteiger charge is -2.39. The van der Waals surface area contributed by atoms with E-state index in [9.17, 15) is 19.5 Å². The molecular formula is C10H18O7S. The van der Waals surface area contributed by atoms with Gasteiger partial charge in [-0.25, -0.2) is 0 Å². The summed E-state index contributed by atoms with van der Waals surface area (Å²) in [4.78, 5) is 0. The number of aliphatic hydroxyl groups is 4. The van der Waals surface area contributed by atoms with Crippen LogP contribution in [0.3, 0.4) is 0 Å². The number of hydrogen-bond donors (Lipinski definition) is 4. The molecule has 106 valence electrons. The molecule has 0 spiro atoms. The van der Waals surface area contributed by atoms with Crippen molar-refractivity contribution < 1.29 is 34.1 Å². The van der Waals surface area contributed by atoms with Crippen LogP contribution in [0.25, 0.3) is 0 Å². The molecule has 0 saturated carbocycles. The van der Waals surface area contributed by atoms with Gasteiger partial charge in [-0.2, -0.15) is 0 Å². The Morgan fingerprint density at radius 2 is 1.94 bits per heavy atom. The van der Waals surface area contributed by atoms with Crippen molar-refractivity contribution in [3.8, 4) is 0 Å². The predicted octanol–water partition coefficient (Wildman–Crippen LogP) is -2.30. The first-order chi connectivity index (χ1) is 8.47. The van der Waals surface area contributed by atoms with E-state index in [0.717, 1.165) is 0 Å². The molecule has 1 aliphatic rings. The van der Waals surface area contributed by atoms with Crippen LogP contribution >= 0.6 is 0 Å². The molecule has 0 aromatic rings. The summed E-state index contributed by atoms with van der Waals surface area (Å²) in [5.74, 6) is 0. The Morgan fingerprint density at radius 1 is 1.28 bits per heavy atom. The van der Waals surface area contributed by atoms with Gasteiger partial charge >= 0.3 is 0 Å². The summed E-state index contributed by atoms with van der Waals surface area (Å²) in [6, 6.07) is 0. The largest absolute Gasteiger partial charge is 0.394 e. The first kappa shape index (κ1) is 15.7. The van der Waals surface area contributed by atoms with Gasteiger partial charge in [0.1, 0.15) is 24.4 Å². The number of rotatable bonds is 5. The lowest BCUT2D eigenvalue weighted by atomic mass is 9.99. The van der Waals surface area contributed by atoms with Crippen LogP contribution in [-0.2, 0) is 20.3 Å². The van der Waals surface area contributed by atoms with E-state index in [1.165, 1.54) is 17.7 Å². The van der Waals surface area contributed by atoms with Crippen LogP contribution in [0.2, 0.25) is 0 Å². The molecule has 0 aromatic carbocycles. The molecule has 0 radical (unpaired) electrons. The Labute approximate surface area is 107 Å². The average Bonchev–Trinajstić information content (AvgIpc) is 2.34. The van der Waals surface area contributed by atoms with Gasteiger partial charge in [-0.15, -0.1) is 0 Å². The monoisotopic (exact) mass is 282 g/mol. The summed E-state index contributed by atoms with van der Waals surface area (Å²) in [6.07, 6.45) is -3.44. The second-order valence-electron chi connectivity index (χ2n) is 3.90. The van der Waals surface area contributed by atoms with Crippen molar-refractivity contribution in [3.05, 3.63) is 11.5 Å². The van der Waals surface area contributed by atoms with Crippen molar-refractivity contribution in [1.29, 1.82) is 0 Å². The molecule has 1 heterocycles. The smallest absolute Gasteiger partial charge is 0.187 e. The number of aliphatic hydroxyl groups excluding tert-OH is 4. The first-order valence-electron chi connectivity index (χ1n) is 5.38. The Bertz CT molecular complexity index is 307. The van der Waals surface area contributed by atoms with Crippen LogP contribution in [0.1, 0.15) is 0 Å². The van der Waals surface area contributed by atoms with Gasteiger partial charge in [0.25, 0.3) is 0 Å². The Hall–Kier alpha value is -0.350. The molecule has 1 saturated heterocycles. The van der Waals surface area contributed by atoms with Gasteiger partial charge in [0.15, 0.2) is 6.29 Å². The van der Waals surface area contributed by atoms with E-state index in [4.69, 9.17) is 14.6 Å². The first-order valence-corrected chi connectivity index (χ1v) is 7.00. The Kier molecular flexibility index (Phi) is 6.36. The van der Waals surface area contributed by atoms with Gasteiger partial charge in [0.2, 0.25) is 0 Å². The highest BCUT2D eigenvalue weighted by atomic mass is 32.2. The predicted molar refractivity (Wildman–Crippen MR) is 62.9 cm³/mol. The molecule has 0 aliphatic carbocycles. The van der Waals surface area contributed by atoms with Crippen molar-refractivity contribution in [2.45, 2.75) is 30.7 Å². The summed E-state index contributed by atoms with van der Waals surface area (Å²) >= 11 is 0. The van der Waals surface area contributed by atoms with Gasteiger partial charge in [0.05, 0.1) is 13.2 Å². The summed E-state index contributed by atoms with van der Waals surface area (Å²) < 4.78 is 21.0. The molecule has 1 fully saturated rings. The highest BCUT2D eigenvalue weighted by molar-refractivity contribution is 7.87. The highest BCUT2D eigenvalue weighted by Crippen LogP contribution is 2.21. The molecule has 0 unspecified atom stereocenters. The van der Waals surface area contributed by atoms with Crippen LogP contribution in [0.5, 0.6) is 0 Å². The second kappa shape index (κ2) is 7.29. The van der Waals surface area contributed by atoms with Gasteiger partial charge in [-0.1, -0.05) is 6.08 Å². The van der Waals surface area contributed by atoms with Crippen LogP contribution < -0.4 is 0 Å². The minimum absolute atomic E-state index is 0.0300. The van der Waals surface area contributed by atoms with E-state index in [2.05, 4.69) is 0 Å². The fourth-order valence-electron chi connectivity index (χ4n) is 1.53. The zero-order valence-electron chi connectivity index (χ0n) is 9.88. The van der Waals surface area contributed by atoms with Crippen molar-refractivity contribution in [2.75, 3.05) is 19.5 Å². The lowest BCUT2D eigenvalue weighted by Crippen LogP contribution is -2.59.